The molecule has 7 nitrogen and oxygen atoms in total. The summed E-state index contributed by atoms with van der Waals surface area (Å²) in [6.45, 7) is -0.585. The van der Waals surface area contributed by atoms with Gasteiger partial charge in [0.15, 0.2) is 11.7 Å². The number of carboxylic acid groups (broad SMARTS) is 1. The maximum absolute atomic E-state index is 11.2. The minimum atomic E-state index is -1.16. The number of carbonyl (C=O) groups is 2. The van der Waals surface area contributed by atoms with Crippen molar-refractivity contribution in [3.63, 3.8) is 0 Å². The van der Waals surface area contributed by atoms with Crippen molar-refractivity contribution < 1.29 is 19.5 Å². The van der Waals surface area contributed by atoms with Gasteiger partial charge in [0.05, 0.1) is 5.69 Å². The number of nitrogens with zero attached hydrogens (tertiary/aromatic N) is 1. The minimum Gasteiger partial charge on any atom is -0.479 e. The van der Waals surface area contributed by atoms with Gasteiger partial charge in [0, 0.05) is 11.3 Å². The molecule has 1 aliphatic rings. The van der Waals surface area contributed by atoms with Gasteiger partial charge in [-0.3, -0.25) is 10.2 Å². The molecule has 1 heterocycles. The van der Waals surface area contributed by atoms with Crippen LogP contribution in [0.25, 0.3) is 0 Å². The highest BCUT2D eigenvalue weighted by molar-refractivity contribution is 7.13. The van der Waals surface area contributed by atoms with E-state index >= 15 is 0 Å². The number of urea groups is 1. The molecular weight excluding hydrogens is 246 g/mol. The van der Waals surface area contributed by atoms with E-state index in [2.05, 4.69) is 15.1 Å². The second kappa shape index (κ2) is 5.11. The molecule has 0 aromatic carbocycles. The fourth-order valence-electron chi connectivity index (χ4n) is 1.20. The molecule has 0 radical (unpaired) electrons. The van der Waals surface area contributed by atoms with E-state index in [4.69, 9.17) is 5.11 Å². The quantitative estimate of drug-likeness (QED) is 0.687. The number of hydrogen-bond donors (Lipinski definition) is 3. The molecule has 17 heavy (non-hydrogen) atoms. The van der Waals surface area contributed by atoms with Crippen LogP contribution in [0.2, 0.25) is 0 Å². The van der Waals surface area contributed by atoms with E-state index in [9.17, 15) is 9.59 Å². The monoisotopic (exact) mass is 257 g/mol. The minimum absolute atomic E-state index is 0.475. The highest BCUT2D eigenvalue weighted by atomic mass is 32.1. The zero-order chi connectivity index (χ0) is 12.3. The number of anilines is 1. The molecule has 8 heteroatoms. The molecule has 1 aromatic rings. The Balaban J connectivity index is 1.74. The van der Waals surface area contributed by atoms with E-state index in [1.54, 1.807) is 0 Å². The van der Waals surface area contributed by atoms with Gasteiger partial charge < -0.3 is 5.11 Å². The van der Waals surface area contributed by atoms with E-state index in [1.807, 2.05) is 10.9 Å². The zero-order valence-electron chi connectivity index (χ0n) is 8.80. The van der Waals surface area contributed by atoms with Crippen LogP contribution in [-0.4, -0.2) is 28.7 Å². The summed E-state index contributed by atoms with van der Waals surface area (Å²) in [5.41, 5.74) is 2.95. The maximum atomic E-state index is 11.2. The standard InChI is InChI=1S/C9H11N3O4S/c13-7(14)3-16-12-8(15)11-9-10-6(4-17-9)5-1-2-5/h4-5H,1-3H2,(H,13,14)(H2,10,11,12,15). The first kappa shape index (κ1) is 11.8. The Bertz CT molecular complexity index is 430. The smallest absolute Gasteiger partial charge is 0.344 e. The Morgan fingerprint density at radius 2 is 2.35 bits per heavy atom. The number of hydrogen-bond acceptors (Lipinski definition) is 5. The zero-order valence-corrected chi connectivity index (χ0v) is 9.62. The van der Waals surface area contributed by atoms with E-state index in [-0.39, 0.29) is 0 Å². The average Bonchev–Trinajstić information content (AvgIpc) is 3.00. The summed E-state index contributed by atoms with van der Waals surface area (Å²) in [6, 6.07) is -0.636. The van der Waals surface area contributed by atoms with Crippen molar-refractivity contribution in [2.45, 2.75) is 18.8 Å². The van der Waals surface area contributed by atoms with Crippen LogP contribution in [0.1, 0.15) is 24.5 Å². The summed E-state index contributed by atoms with van der Waals surface area (Å²) in [6.07, 6.45) is 2.30. The highest BCUT2D eigenvalue weighted by Crippen LogP contribution is 2.40. The number of nitrogens with one attached hydrogen (secondary N) is 2. The molecule has 0 spiro atoms. The second-order valence-electron chi connectivity index (χ2n) is 3.59. The van der Waals surface area contributed by atoms with Crippen LogP contribution in [0, 0.1) is 0 Å². The number of carboxylic acids is 1. The predicted octanol–water partition coefficient (Wildman–Crippen LogP) is 1.16. The number of hydroxylamine groups is 1. The van der Waals surface area contributed by atoms with E-state index in [1.165, 1.54) is 11.3 Å². The summed E-state index contributed by atoms with van der Waals surface area (Å²) in [4.78, 5) is 30.0. The lowest BCUT2D eigenvalue weighted by Crippen LogP contribution is -2.30. The Labute approximate surface area is 101 Å². The molecule has 1 aromatic heterocycles. The Kier molecular flexibility index (Phi) is 3.55. The number of rotatable bonds is 5. The van der Waals surface area contributed by atoms with Crippen molar-refractivity contribution in [1.29, 1.82) is 0 Å². The van der Waals surface area contributed by atoms with Crippen LogP contribution in [0.4, 0.5) is 9.93 Å². The van der Waals surface area contributed by atoms with E-state index < -0.39 is 18.6 Å². The number of thiazole rings is 1. The van der Waals surface area contributed by atoms with Crippen LogP contribution in [-0.2, 0) is 9.63 Å². The van der Waals surface area contributed by atoms with Crippen molar-refractivity contribution in [2.75, 3.05) is 11.9 Å². The lowest BCUT2D eigenvalue weighted by atomic mass is 10.3. The van der Waals surface area contributed by atoms with Crippen molar-refractivity contribution >= 4 is 28.5 Å². The van der Waals surface area contributed by atoms with Gasteiger partial charge in [0.2, 0.25) is 0 Å². The number of aromatic nitrogens is 1. The molecule has 0 bridgehead atoms. The van der Waals surface area contributed by atoms with Gasteiger partial charge in [-0.2, -0.15) is 0 Å². The normalized spacial score (nSPS) is 14.4. The predicted molar refractivity (Wildman–Crippen MR) is 59.8 cm³/mol. The summed E-state index contributed by atoms with van der Waals surface area (Å²) in [7, 11) is 0. The van der Waals surface area contributed by atoms with Gasteiger partial charge in [-0.25, -0.2) is 20.1 Å². The largest absolute Gasteiger partial charge is 0.479 e. The molecule has 2 rings (SSSR count). The highest BCUT2D eigenvalue weighted by Gasteiger charge is 2.26. The molecule has 0 saturated heterocycles. The van der Waals surface area contributed by atoms with Crippen molar-refractivity contribution in [1.82, 2.24) is 10.5 Å². The third-order valence-electron chi connectivity index (χ3n) is 2.10. The molecule has 1 aliphatic carbocycles. The number of carbonyl (C=O) groups excluding carboxylic acids is 1. The van der Waals surface area contributed by atoms with E-state index in [0.29, 0.717) is 11.0 Å². The molecule has 2 amide bonds. The van der Waals surface area contributed by atoms with Gasteiger partial charge in [-0.15, -0.1) is 11.3 Å². The van der Waals surface area contributed by atoms with Crippen LogP contribution >= 0.6 is 11.3 Å². The third-order valence-corrected chi connectivity index (χ3v) is 2.87. The molecule has 0 aliphatic heterocycles. The van der Waals surface area contributed by atoms with Crippen LogP contribution in [0.3, 0.4) is 0 Å². The lowest BCUT2D eigenvalue weighted by Gasteiger charge is -2.03. The second-order valence-corrected chi connectivity index (χ2v) is 4.45. The number of aliphatic carboxylic acids is 1. The Hall–Kier alpha value is -1.67. The molecular formula is C9H11N3O4S. The molecule has 0 unspecified atom stereocenters. The van der Waals surface area contributed by atoms with E-state index in [0.717, 1.165) is 18.5 Å². The summed E-state index contributed by atoms with van der Waals surface area (Å²) in [5.74, 6) is -0.622. The van der Waals surface area contributed by atoms with Gasteiger partial charge >= 0.3 is 12.0 Å². The fourth-order valence-corrected chi connectivity index (χ4v) is 1.98. The van der Waals surface area contributed by atoms with Crippen LogP contribution < -0.4 is 10.8 Å². The average molecular weight is 257 g/mol. The number of amides is 2. The first-order valence-corrected chi connectivity index (χ1v) is 5.89. The SMILES string of the molecule is O=C(O)CONC(=O)Nc1nc(C2CC2)cs1. The first-order valence-electron chi connectivity index (χ1n) is 5.01. The first-order chi connectivity index (χ1) is 8.15. The third kappa shape index (κ3) is 3.68. The van der Waals surface area contributed by atoms with Crippen molar-refractivity contribution in [2.24, 2.45) is 0 Å². The molecule has 92 valence electrons. The van der Waals surface area contributed by atoms with Crippen LogP contribution in [0.5, 0.6) is 0 Å². The Morgan fingerprint density at radius 1 is 1.59 bits per heavy atom. The maximum Gasteiger partial charge on any atom is 0.344 e. The molecule has 1 fully saturated rings. The molecule has 0 atom stereocenters. The Morgan fingerprint density at radius 3 is 3.00 bits per heavy atom. The lowest BCUT2D eigenvalue weighted by molar-refractivity contribution is -0.143. The van der Waals surface area contributed by atoms with Crippen molar-refractivity contribution in [3.05, 3.63) is 11.1 Å². The van der Waals surface area contributed by atoms with Crippen molar-refractivity contribution in [3.8, 4) is 0 Å². The topological polar surface area (TPSA) is 101 Å². The van der Waals surface area contributed by atoms with Gasteiger partial charge in [0.1, 0.15) is 0 Å². The van der Waals surface area contributed by atoms with Gasteiger partial charge in [-0.05, 0) is 12.8 Å². The summed E-state index contributed by atoms with van der Waals surface area (Å²) in [5, 5.41) is 13.1. The summed E-state index contributed by atoms with van der Waals surface area (Å²) >= 11 is 1.33. The van der Waals surface area contributed by atoms with Gasteiger partial charge in [-0.1, -0.05) is 0 Å². The van der Waals surface area contributed by atoms with Crippen LogP contribution in [0.15, 0.2) is 5.38 Å². The van der Waals surface area contributed by atoms with Gasteiger partial charge in [0.25, 0.3) is 0 Å². The fraction of sp³-hybridized carbons (Fsp3) is 0.444. The summed E-state index contributed by atoms with van der Waals surface area (Å²) < 4.78 is 0. The molecule has 3 N–H and O–H groups in total. The molecule has 1 saturated carbocycles.